The lowest BCUT2D eigenvalue weighted by Gasteiger charge is -2.11. The molecule has 5 rings (SSSR count). The minimum atomic E-state index is -0.0925. The number of benzene rings is 3. The zero-order valence-electron chi connectivity index (χ0n) is 18.4. The van der Waals surface area contributed by atoms with Gasteiger partial charge in [-0.25, -0.2) is 4.98 Å². The number of fused-ring (bicyclic) bond motifs is 1. The summed E-state index contributed by atoms with van der Waals surface area (Å²) in [7, 11) is 0. The van der Waals surface area contributed by atoms with Crippen LogP contribution in [-0.4, -0.2) is 35.6 Å². The van der Waals surface area contributed by atoms with E-state index in [0.29, 0.717) is 28.4 Å². The average molecular weight is 499 g/mol. The van der Waals surface area contributed by atoms with Crippen molar-refractivity contribution < 1.29 is 5.11 Å². The lowest BCUT2D eigenvalue weighted by Crippen LogP contribution is -2.05. The Kier molecular flexibility index (Phi) is 6.53. The quantitative estimate of drug-likeness (QED) is 0.159. The summed E-state index contributed by atoms with van der Waals surface area (Å²) in [6, 6.07) is 27.0. The zero-order chi connectivity index (χ0) is 24.2. The van der Waals surface area contributed by atoms with Gasteiger partial charge in [-0.15, -0.1) is 10.2 Å². The van der Waals surface area contributed by atoms with Crippen molar-refractivity contribution in [2.45, 2.75) is 11.7 Å². The van der Waals surface area contributed by atoms with Crippen molar-refractivity contribution in [1.29, 1.82) is 5.26 Å². The van der Waals surface area contributed by atoms with Crippen molar-refractivity contribution in [1.82, 2.24) is 24.7 Å². The minimum absolute atomic E-state index is 0.0918. The maximum Gasteiger partial charge on any atom is 0.192 e. The van der Waals surface area contributed by atoms with Crippen LogP contribution in [0.3, 0.4) is 0 Å². The van der Waals surface area contributed by atoms with E-state index in [0.717, 1.165) is 22.2 Å². The predicted octanol–water partition coefficient (Wildman–Crippen LogP) is 6.11. The molecule has 0 aliphatic rings. The van der Waals surface area contributed by atoms with E-state index in [9.17, 15) is 10.4 Å². The lowest BCUT2D eigenvalue weighted by atomic mass is 10.2. The fourth-order valence-electron chi connectivity index (χ4n) is 3.68. The van der Waals surface area contributed by atoms with Crippen molar-refractivity contribution >= 4 is 40.0 Å². The van der Waals surface area contributed by atoms with Crippen LogP contribution in [0.2, 0.25) is 5.02 Å². The number of aromatic nitrogens is 5. The Hall–Kier alpha value is -4.06. The minimum Gasteiger partial charge on any atom is -0.510 e. The normalized spacial score (nSPS) is 11.9. The fraction of sp³-hybridized carbons (Fsp3) is 0.0769. The van der Waals surface area contributed by atoms with Gasteiger partial charge in [-0.1, -0.05) is 78.0 Å². The van der Waals surface area contributed by atoms with E-state index in [1.807, 2.05) is 83.4 Å². The SMILES string of the molecule is N#C/C(=C(/O)CSc1nnc(-c2ccccc2Cl)n1Cc1ccccc1)c1nc2ccccc2[nH]1. The van der Waals surface area contributed by atoms with Gasteiger partial charge in [0.05, 0.1) is 28.4 Å². The van der Waals surface area contributed by atoms with Crippen LogP contribution in [0.1, 0.15) is 11.4 Å². The predicted molar refractivity (Wildman–Crippen MR) is 138 cm³/mol. The van der Waals surface area contributed by atoms with Gasteiger partial charge in [-0.2, -0.15) is 5.26 Å². The van der Waals surface area contributed by atoms with E-state index in [2.05, 4.69) is 26.2 Å². The standard InChI is InChI=1S/C26H19ClN6OS/c27-20-11-5-4-10-18(20)25-31-32-26(33(25)15-17-8-2-1-3-9-17)35-16-23(34)19(14-28)24-29-21-12-6-7-13-22(21)30-24/h1-13,34H,15-16H2,(H,29,30)/b23-19-. The Morgan fingerprint density at radius 3 is 2.51 bits per heavy atom. The second-order valence-corrected chi connectivity index (χ2v) is 9.03. The highest BCUT2D eigenvalue weighted by molar-refractivity contribution is 7.99. The third-order valence-electron chi connectivity index (χ3n) is 5.38. The van der Waals surface area contributed by atoms with Crippen LogP contribution >= 0.6 is 23.4 Å². The monoisotopic (exact) mass is 498 g/mol. The Balaban J connectivity index is 1.47. The van der Waals surface area contributed by atoms with Gasteiger partial charge in [0.15, 0.2) is 16.8 Å². The number of nitrogens with zero attached hydrogens (tertiary/aromatic N) is 5. The summed E-state index contributed by atoms with van der Waals surface area (Å²) >= 11 is 7.74. The number of halogens is 1. The van der Waals surface area contributed by atoms with Gasteiger partial charge in [0.2, 0.25) is 0 Å². The van der Waals surface area contributed by atoms with E-state index < -0.39 is 0 Å². The number of H-pyrrole nitrogens is 1. The third kappa shape index (κ3) is 4.78. The molecule has 0 fully saturated rings. The van der Waals surface area contributed by atoms with Gasteiger partial charge < -0.3 is 10.1 Å². The molecule has 0 amide bonds. The number of aliphatic hydroxyl groups is 1. The van der Waals surface area contributed by atoms with Crippen molar-refractivity contribution in [3.63, 3.8) is 0 Å². The van der Waals surface area contributed by atoms with Crippen molar-refractivity contribution in [3.05, 3.63) is 101 Å². The highest BCUT2D eigenvalue weighted by atomic mass is 35.5. The summed E-state index contributed by atoms with van der Waals surface area (Å²) < 4.78 is 1.96. The smallest absolute Gasteiger partial charge is 0.192 e. The second-order valence-electron chi connectivity index (χ2n) is 7.68. The fourth-order valence-corrected chi connectivity index (χ4v) is 4.71. The first-order chi connectivity index (χ1) is 17.1. The van der Waals surface area contributed by atoms with Gasteiger partial charge in [-0.05, 0) is 29.8 Å². The van der Waals surface area contributed by atoms with Gasteiger partial charge in [0, 0.05) is 5.56 Å². The Labute approximate surface area is 210 Å². The topological polar surface area (TPSA) is 103 Å². The van der Waals surface area contributed by atoms with Crippen molar-refractivity contribution in [3.8, 4) is 17.5 Å². The number of nitriles is 1. The maximum atomic E-state index is 10.8. The summed E-state index contributed by atoms with van der Waals surface area (Å²) in [5.74, 6) is 0.984. The molecule has 172 valence electrons. The first-order valence-electron chi connectivity index (χ1n) is 10.8. The molecule has 5 aromatic rings. The molecule has 7 nitrogen and oxygen atoms in total. The summed E-state index contributed by atoms with van der Waals surface area (Å²) in [5, 5.41) is 30.5. The summed E-state index contributed by atoms with van der Waals surface area (Å²) in [4.78, 5) is 7.53. The molecule has 0 saturated carbocycles. The summed E-state index contributed by atoms with van der Waals surface area (Å²) in [6.45, 7) is 0.524. The molecule has 0 radical (unpaired) electrons. The van der Waals surface area contributed by atoms with E-state index in [1.165, 1.54) is 11.8 Å². The Morgan fingerprint density at radius 1 is 1.00 bits per heavy atom. The number of hydrogen-bond donors (Lipinski definition) is 2. The Bertz CT molecular complexity index is 1530. The number of aromatic amines is 1. The molecular weight excluding hydrogens is 480 g/mol. The molecule has 0 spiro atoms. The molecule has 3 aromatic carbocycles. The molecule has 35 heavy (non-hydrogen) atoms. The molecule has 2 N–H and O–H groups in total. The molecule has 0 aliphatic heterocycles. The van der Waals surface area contributed by atoms with Crippen LogP contribution in [0, 0.1) is 11.3 Å². The van der Waals surface area contributed by atoms with Crippen LogP contribution in [0.5, 0.6) is 0 Å². The zero-order valence-corrected chi connectivity index (χ0v) is 20.0. The largest absolute Gasteiger partial charge is 0.510 e. The average Bonchev–Trinajstić information content (AvgIpc) is 3.48. The molecule has 9 heteroatoms. The lowest BCUT2D eigenvalue weighted by molar-refractivity contribution is 0.420. The van der Waals surface area contributed by atoms with Gasteiger partial charge in [0.25, 0.3) is 0 Å². The maximum absolute atomic E-state index is 10.8. The van der Waals surface area contributed by atoms with Crippen molar-refractivity contribution in [2.75, 3.05) is 5.75 Å². The van der Waals surface area contributed by atoms with Crippen molar-refractivity contribution in [2.24, 2.45) is 0 Å². The summed E-state index contributed by atoms with van der Waals surface area (Å²) in [5.41, 5.74) is 3.45. The highest BCUT2D eigenvalue weighted by Gasteiger charge is 2.19. The number of rotatable bonds is 7. The van der Waals surface area contributed by atoms with Crippen LogP contribution in [-0.2, 0) is 6.54 Å². The van der Waals surface area contributed by atoms with Gasteiger partial charge in [-0.3, -0.25) is 4.57 Å². The molecule has 0 unspecified atom stereocenters. The number of aliphatic hydroxyl groups excluding tert-OH is 1. The van der Waals surface area contributed by atoms with Gasteiger partial charge in [0.1, 0.15) is 17.4 Å². The van der Waals surface area contributed by atoms with Crippen LogP contribution in [0.25, 0.3) is 28.0 Å². The molecule has 0 saturated heterocycles. The molecule has 0 bridgehead atoms. The molecular formula is C26H19ClN6OS. The van der Waals surface area contributed by atoms with E-state index in [4.69, 9.17) is 11.6 Å². The molecule has 2 aromatic heterocycles. The molecule has 0 atom stereocenters. The van der Waals surface area contributed by atoms with Crippen LogP contribution < -0.4 is 0 Å². The van der Waals surface area contributed by atoms with Gasteiger partial charge >= 0.3 is 0 Å². The molecule has 0 aliphatic carbocycles. The number of para-hydroxylation sites is 2. The number of hydrogen-bond acceptors (Lipinski definition) is 6. The van der Waals surface area contributed by atoms with Crippen LogP contribution in [0.4, 0.5) is 0 Å². The number of allylic oxidation sites excluding steroid dienone is 1. The number of imidazole rings is 1. The van der Waals surface area contributed by atoms with Crippen LogP contribution in [0.15, 0.2) is 89.8 Å². The number of nitrogens with one attached hydrogen (secondary N) is 1. The second kappa shape index (κ2) is 10.1. The first kappa shape index (κ1) is 22.7. The van der Waals surface area contributed by atoms with E-state index >= 15 is 0 Å². The Morgan fingerprint density at radius 2 is 1.74 bits per heavy atom. The molecule has 2 heterocycles. The van der Waals surface area contributed by atoms with E-state index in [1.54, 1.807) is 0 Å². The highest BCUT2D eigenvalue weighted by Crippen LogP contribution is 2.31. The third-order valence-corrected chi connectivity index (χ3v) is 6.69. The number of thioether (sulfide) groups is 1. The summed E-state index contributed by atoms with van der Waals surface area (Å²) in [6.07, 6.45) is 0. The van der Waals surface area contributed by atoms with E-state index in [-0.39, 0.29) is 17.1 Å². The first-order valence-corrected chi connectivity index (χ1v) is 12.1.